The van der Waals surface area contributed by atoms with Crippen LogP contribution in [0.2, 0.25) is 0 Å². The van der Waals surface area contributed by atoms with E-state index < -0.39 is 0 Å². The lowest BCUT2D eigenvalue weighted by Gasteiger charge is -1.82. The average Bonchev–Trinajstić information content (AvgIpc) is 2.37. The highest BCUT2D eigenvalue weighted by Crippen LogP contribution is 2.28. The summed E-state index contributed by atoms with van der Waals surface area (Å²) in [5.74, 6) is 0. The number of thioether (sulfide) groups is 1. The van der Waals surface area contributed by atoms with Crippen molar-refractivity contribution in [3.05, 3.63) is 22.7 Å². The average molecular weight is 195 g/mol. The molecule has 2 rings (SSSR count). The molecule has 1 nitrogen and oxygen atoms in total. The first-order chi connectivity index (χ1) is 5.90. The van der Waals surface area contributed by atoms with Crippen LogP contribution < -0.4 is 0 Å². The molecule has 0 radical (unpaired) electrons. The molecule has 0 saturated carbocycles. The van der Waals surface area contributed by atoms with Gasteiger partial charge in [0.05, 0.1) is 10.6 Å². The molecule has 1 aromatic rings. The zero-order chi connectivity index (χ0) is 8.39. The van der Waals surface area contributed by atoms with Gasteiger partial charge in [-0.3, -0.25) is 0 Å². The Morgan fingerprint density at radius 1 is 1.42 bits per heavy atom. The summed E-state index contributed by atoms with van der Waals surface area (Å²) in [5, 5.41) is 0. The molecule has 0 fully saturated rings. The second kappa shape index (κ2) is 3.46. The molecule has 12 heavy (non-hydrogen) atoms. The van der Waals surface area contributed by atoms with Gasteiger partial charge in [0.25, 0.3) is 0 Å². The van der Waals surface area contributed by atoms with E-state index in [9.17, 15) is 0 Å². The minimum Gasteiger partial charge on any atom is -0.230 e. The Kier molecular flexibility index (Phi) is 2.33. The lowest BCUT2D eigenvalue weighted by atomic mass is 10.3. The van der Waals surface area contributed by atoms with Crippen LogP contribution in [0.3, 0.4) is 0 Å². The van der Waals surface area contributed by atoms with Gasteiger partial charge in [-0.05, 0) is 24.8 Å². The summed E-state index contributed by atoms with van der Waals surface area (Å²) in [5.41, 5.74) is 1.12. The zero-order valence-corrected chi connectivity index (χ0v) is 8.41. The van der Waals surface area contributed by atoms with Crippen molar-refractivity contribution >= 4 is 35.3 Å². The second-order valence-electron chi connectivity index (χ2n) is 2.47. The third-order valence-corrected chi connectivity index (χ3v) is 3.67. The predicted octanol–water partition coefficient (Wildman–Crippen LogP) is 3.30. The van der Waals surface area contributed by atoms with Gasteiger partial charge in [0.1, 0.15) is 0 Å². The highest BCUT2D eigenvalue weighted by molar-refractivity contribution is 8.00. The number of hydrogen-bond acceptors (Lipinski definition) is 3. The molecule has 0 N–H and O–H groups in total. The van der Waals surface area contributed by atoms with Crippen molar-refractivity contribution < 1.29 is 0 Å². The quantitative estimate of drug-likeness (QED) is 0.638. The molecule has 0 spiro atoms. The van der Waals surface area contributed by atoms with Crippen molar-refractivity contribution in [2.75, 3.05) is 6.26 Å². The van der Waals surface area contributed by atoms with Crippen LogP contribution in [0, 0.1) is 0 Å². The molecule has 0 saturated heterocycles. The Balaban J connectivity index is 2.46. The summed E-state index contributed by atoms with van der Waals surface area (Å²) in [6, 6.07) is 0. The predicted molar refractivity (Wildman–Crippen MR) is 56.6 cm³/mol. The van der Waals surface area contributed by atoms with Crippen molar-refractivity contribution in [3.63, 3.8) is 0 Å². The SMILES string of the molecule is CSc1nc2c(s1)C=CCC=C2. The Morgan fingerprint density at radius 2 is 2.25 bits per heavy atom. The number of hydrogen-bond donors (Lipinski definition) is 0. The summed E-state index contributed by atoms with van der Waals surface area (Å²) < 4.78 is 1.15. The number of thiazole rings is 1. The van der Waals surface area contributed by atoms with Crippen molar-refractivity contribution in [2.24, 2.45) is 0 Å². The van der Waals surface area contributed by atoms with E-state index in [1.54, 1.807) is 23.1 Å². The van der Waals surface area contributed by atoms with Gasteiger partial charge in [-0.15, -0.1) is 11.3 Å². The monoisotopic (exact) mass is 195 g/mol. The summed E-state index contributed by atoms with van der Waals surface area (Å²) in [6.45, 7) is 0. The van der Waals surface area contributed by atoms with Crippen LogP contribution >= 0.6 is 23.1 Å². The van der Waals surface area contributed by atoms with E-state index in [0.717, 1.165) is 16.5 Å². The highest BCUT2D eigenvalue weighted by atomic mass is 32.2. The van der Waals surface area contributed by atoms with Crippen LogP contribution in [0.15, 0.2) is 16.5 Å². The standard InChI is InChI=1S/C9H9NS2/c1-11-9-10-7-5-3-2-4-6-8(7)12-9/h3-6H,2H2,1H3. The number of fused-ring (bicyclic) bond motifs is 1. The fraction of sp³-hybridized carbons (Fsp3) is 0.222. The molecule has 0 aromatic carbocycles. The molecule has 1 heterocycles. The van der Waals surface area contributed by atoms with E-state index in [1.165, 1.54) is 4.88 Å². The van der Waals surface area contributed by atoms with E-state index in [-0.39, 0.29) is 0 Å². The van der Waals surface area contributed by atoms with Crippen LogP contribution in [0.4, 0.5) is 0 Å². The molecule has 0 atom stereocenters. The van der Waals surface area contributed by atoms with Crippen molar-refractivity contribution in [1.82, 2.24) is 4.98 Å². The normalized spacial score (nSPS) is 14.4. The van der Waals surface area contributed by atoms with Gasteiger partial charge in [0, 0.05) is 0 Å². The summed E-state index contributed by atoms with van der Waals surface area (Å²) >= 11 is 3.47. The lowest BCUT2D eigenvalue weighted by Crippen LogP contribution is -1.72. The molecular formula is C9H9NS2. The maximum absolute atomic E-state index is 4.47. The molecule has 0 bridgehead atoms. The van der Waals surface area contributed by atoms with Crippen molar-refractivity contribution in [2.45, 2.75) is 10.8 Å². The minimum absolute atomic E-state index is 1.03. The first-order valence-corrected chi connectivity index (χ1v) is 5.82. The largest absolute Gasteiger partial charge is 0.230 e. The smallest absolute Gasteiger partial charge is 0.150 e. The Hall–Kier alpha value is -0.540. The topological polar surface area (TPSA) is 12.9 Å². The van der Waals surface area contributed by atoms with Crippen molar-refractivity contribution in [1.29, 1.82) is 0 Å². The van der Waals surface area contributed by atoms with Gasteiger partial charge < -0.3 is 0 Å². The molecule has 62 valence electrons. The summed E-state index contributed by atoms with van der Waals surface area (Å²) in [4.78, 5) is 5.76. The highest BCUT2D eigenvalue weighted by Gasteiger charge is 2.06. The van der Waals surface area contributed by atoms with Crippen molar-refractivity contribution in [3.8, 4) is 0 Å². The molecule has 3 heteroatoms. The maximum Gasteiger partial charge on any atom is 0.150 e. The van der Waals surface area contributed by atoms with Gasteiger partial charge in [-0.2, -0.15) is 0 Å². The molecular weight excluding hydrogens is 186 g/mol. The summed E-state index contributed by atoms with van der Waals surface area (Å²) in [7, 11) is 0. The fourth-order valence-electron chi connectivity index (χ4n) is 1.08. The maximum atomic E-state index is 4.47. The molecule has 0 aliphatic heterocycles. The molecule has 1 aliphatic rings. The van der Waals surface area contributed by atoms with Gasteiger partial charge in [0.2, 0.25) is 0 Å². The number of allylic oxidation sites excluding steroid dienone is 2. The Bertz CT molecular complexity index is 307. The van der Waals surface area contributed by atoms with E-state index in [4.69, 9.17) is 0 Å². The Morgan fingerprint density at radius 3 is 3.08 bits per heavy atom. The zero-order valence-electron chi connectivity index (χ0n) is 6.78. The number of rotatable bonds is 1. The summed E-state index contributed by atoms with van der Waals surface area (Å²) in [6.07, 6.45) is 11.7. The van der Waals surface area contributed by atoms with Crippen LogP contribution in [-0.2, 0) is 0 Å². The first kappa shape index (κ1) is 8.08. The van der Waals surface area contributed by atoms with Gasteiger partial charge in [0.15, 0.2) is 4.34 Å². The van der Waals surface area contributed by atoms with E-state index in [1.807, 2.05) is 0 Å². The van der Waals surface area contributed by atoms with E-state index >= 15 is 0 Å². The number of nitrogens with zero attached hydrogens (tertiary/aromatic N) is 1. The molecule has 0 unspecified atom stereocenters. The third kappa shape index (κ3) is 1.47. The second-order valence-corrected chi connectivity index (χ2v) is 4.56. The molecule has 1 aromatic heterocycles. The molecule has 1 aliphatic carbocycles. The van der Waals surface area contributed by atoms with Crippen LogP contribution in [0.1, 0.15) is 17.0 Å². The lowest BCUT2D eigenvalue weighted by molar-refractivity contribution is 1.23. The fourth-order valence-corrected chi connectivity index (χ4v) is 2.59. The number of aromatic nitrogens is 1. The Labute approximate surface area is 80.2 Å². The van der Waals surface area contributed by atoms with Gasteiger partial charge in [-0.25, -0.2) is 4.98 Å². The van der Waals surface area contributed by atoms with Gasteiger partial charge in [-0.1, -0.05) is 23.9 Å². The first-order valence-electron chi connectivity index (χ1n) is 3.78. The molecule has 0 amide bonds. The third-order valence-electron chi connectivity index (χ3n) is 1.65. The van der Waals surface area contributed by atoms with E-state index in [0.29, 0.717) is 0 Å². The van der Waals surface area contributed by atoms with Gasteiger partial charge >= 0.3 is 0 Å². The van der Waals surface area contributed by atoms with E-state index in [2.05, 4.69) is 35.5 Å². The van der Waals surface area contributed by atoms with Crippen LogP contribution in [0.25, 0.3) is 12.2 Å². The van der Waals surface area contributed by atoms with Crippen LogP contribution in [-0.4, -0.2) is 11.2 Å². The van der Waals surface area contributed by atoms with Crippen LogP contribution in [0.5, 0.6) is 0 Å². The minimum atomic E-state index is 1.03.